The van der Waals surface area contributed by atoms with Crippen molar-refractivity contribution < 1.29 is 0 Å². The SMILES string of the molecule is CN=C(NCCCCC(C)(C)C)NC1CC1.I. The average molecular weight is 353 g/mol. The molecule has 0 heterocycles. The molecule has 1 saturated carbocycles. The Labute approximate surface area is 123 Å². The number of unbranched alkanes of at least 4 members (excludes halogenated alkanes) is 1. The van der Waals surface area contributed by atoms with E-state index in [1.165, 1.54) is 32.1 Å². The third-order valence-corrected chi connectivity index (χ3v) is 2.79. The molecule has 0 radical (unpaired) electrons. The highest BCUT2D eigenvalue weighted by Crippen LogP contribution is 2.21. The van der Waals surface area contributed by atoms with Crippen molar-refractivity contribution >= 4 is 29.9 Å². The van der Waals surface area contributed by atoms with E-state index in [4.69, 9.17) is 0 Å². The number of nitrogens with zero attached hydrogens (tertiary/aromatic N) is 1. The first kappa shape index (κ1) is 17.0. The molecule has 17 heavy (non-hydrogen) atoms. The van der Waals surface area contributed by atoms with Gasteiger partial charge in [-0.1, -0.05) is 27.2 Å². The number of halogens is 1. The molecule has 0 unspecified atom stereocenters. The molecule has 0 atom stereocenters. The van der Waals surface area contributed by atoms with Crippen LogP contribution < -0.4 is 10.6 Å². The highest BCUT2D eigenvalue weighted by molar-refractivity contribution is 14.0. The number of rotatable bonds is 5. The van der Waals surface area contributed by atoms with Gasteiger partial charge in [-0.05, 0) is 31.1 Å². The second-order valence-corrected chi connectivity index (χ2v) is 5.94. The van der Waals surface area contributed by atoms with Gasteiger partial charge in [-0.3, -0.25) is 4.99 Å². The van der Waals surface area contributed by atoms with Crippen molar-refractivity contribution in [3.05, 3.63) is 0 Å². The predicted octanol–water partition coefficient (Wildman–Crippen LogP) is 3.15. The molecule has 1 fully saturated rings. The summed E-state index contributed by atoms with van der Waals surface area (Å²) in [4.78, 5) is 4.21. The van der Waals surface area contributed by atoms with Crippen molar-refractivity contribution in [3.63, 3.8) is 0 Å². The van der Waals surface area contributed by atoms with E-state index in [0.717, 1.165) is 12.5 Å². The third-order valence-electron chi connectivity index (χ3n) is 2.79. The smallest absolute Gasteiger partial charge is 0.191 e. The lowest BCUT2D eigenvalue weighted by Gasteiger charge is -2.18. The maximum absolute atomic E-state index is 4.21. The summed E-state index contributed by atoms with van der Waals surface area (Å²) in [5, 5.41) is 6.75. The van der Waals surface area contributed by atoms with Crippen molar-refractivity contribution in [3.8, 4) is 0 Å². The van der Waals surface area contributed by atoms with Crippen LogP contribution in [-0.4, -0.2) is 25.6 Å². The van der Waals surface area contributed by atoms with E-state index in [2.05, 4.69) is 36.4 Å². The normalized spacial score (nSPS) is 16.4. The highest BCUT2D eigenvalue weighted by Gasteiger charge is 2.21. The molecule has 1 aliphatic carbocycles. The predicted molar refractivity (Wildman–Crippen MR) is 86.2 cm³/mol. The molecule has 0 aromatic rings. The van der Waals surface area contributed by atoms with Crippen molar-refractivity contribution in [1.82, 2.24) is 10.6 Å². The first-order valence-electron chi connectivity index (χ1n) is 6.48. The number of hydrogen-bond acceptors (Lipinski definition) is 1. The fourth-order valence-electron chi connectivity index (χ4n) is 1.60. The van der Waals surface area contributed by atoms with Crippen LogP contribution in [-0.2, 0) is 0 Å². The molecular formula is C13H28IN3. The quantitative estimate of drug-likeness (QED) is 0.345. The highest BCUT2D eigenvalue weighted by atomic mass is 127. The Morgan fingerprint density at radius 1 is 1.24 bits per heavy atom. The summed E-state index contributed by atoms with van der Waals surface area (Å²) in [6.07, 6.45) is 6.40. The number of guanidine groups is 1. The molecule has 2 N–H and O–H groups in total. The molecule has 0 spiro atoms. The van der Waals surface area contributed by atoms with Crippen LogP contribution in [0, 0.1) is 5.41 Å². The summed E-state index contributed by atoms with van der Waals surface area (Å²) < 4.78 is 0. The lowest BCUT2D eigenvalue weighted by Crippen LogP contribution is -2.38. The van der Waals surface area contributed by atoms with Crippen LogP contribution >= 0.6 is 24.0 Å². The van der Waals surface area contributed by atoms with E-state index in [0.29, 0.717) is 11.5 Å². The summed E-state index contributed by atoms with van der Waals surface area (Å²) in [5.74, 6) is 0.971. The molecule has 4 heteroatoms. The van der Waals surface area contributed by atoms with E-state index < -0.39 is 0 Å². The molecule has 3 nitrogen and oxygen atoms in total. The van der Waals surface area contributed by atoms with Gasteiger partial charge in [-0.2, -0.15) is 0 Å². The summed E-state index contributed by atoms with van der Waals surface area (Å²) >= 11 is 0. The lowest BCUT2D eigenvalue weighted by molar-refractivity contribution is 0.360. The van der Waals surface area contributed by atoms with Gasteiger partial charge >= 0.3 is 0 Å². The molecular weight excluding hydrogens is 325 g/mol. The second-order valence-electron chi connectivity index (χ2n) is 5.94. The molecule has 0 bridgehead atoms. The van der Waals surface area contributed by atoms with Crippen LogP contribution in [0.2, 0.25) is 0 Å². The van der Waals surface area contributed by atoms with E-state index in [9.17, 15) is 0 Å². The molecule has 102 valence electrons. The first-order valence-corrected chi connectivity index (χ1v) is 6.48. The molecule has 1 rings (SSSR count). The van der Waals surface area contributed by atoms with E-state index in [-0.39, 0.29) is 24.0 Å². The Morgan fingerprint density at radius 2 is 1.88 bits per heavy atom. The fraction of sp³-hybridized carbons (Fsp3) is 0.923. The van der Waals surface area contributed by atoms with Crippen LogP contribution in [0.3, 0.4) is 0 Å². The zero-order valence-electron chi connectivity index (χ0n) is 11.7. The van der Waals surface area contributed by atoms with Gasteiger partial charge in [-0.15, -0.1) is 24.0 Å². The maximum Gasteiger partial charge on any atom is 0.191 e. The lowest BCUT2D eigenvalue weighted by atomic mass is 9.90. The van der Waals surface area contributed by atoms with Gasteiger partial charge in [0.1, 0.15) is 0 Å². The summed E-state index contributed by atoms with van der Waals surface area (Å²) in [5.41, 5.74) is 0.466. The van der Waals surface area contributed by atoms with Gasteiger partial charge < -0.3 is 10.6 Å². The van der Waals surface area contributed by atoms with E-state index >= 15 is 0 Å². The minimum atomic E-state index is 0. The maximum atomic E-state index is 4.21. The first-order chi connectivity index (χ1) is 7.51. The fourth-order valence-corrected chi connectivity index (χ4v) is 1.60. The number of hydrogen-bond donors (Lipinski definition) is 2. The van der Waals surface area contributed by atoms with Crippen LogP contribution in [0.4, 0.5) is 0 Å². The standard InChI is InChI=1S/C13H27N3.HI/c1-13(2,3)9-5-6-10-15-12(14-4)16-11-7-8-11;/h11H,5-10H2,1-4H3,(H2,14,15,16);1H. The van der Waals surface area contributed by atoms with E-state index in [1.807, 2.05) is 7.05 Å². The Morgan fingerprint density at radius 3 is 2.35 bits per heavy atom. The Bertz CT molecular complexity index is 229. The van der Waals surface area contributed by atoms with Crippen molar-refractivity contribution in [2.24, 2.45) is 10.4 Å². The molecule has 0 amide bonds. The van der Waals surface area contributed by atoms with Crippen LogP contribution in [0.5, 0.6) is 0 Å². The van der Waals surface area contributed by atoms with Crippen LogP contribution in [0.15, 0.2) is 4.99 Å². The summed E-state index contributed by atoms with van der Waals surface area (Å²) in [6, 6.07) is 0.681. The van der Waals surface area contributed by atoms with Gasteiger partial charge in [0.05, 0.1) is 0 Å². The second kappa shape index (κ2) is 8.16. The van der Waals surface area contributed by atoms with Gasteiger partial charge in [0.2, 0.25) is 0 Å². The largest absolute Gasteiger partial charge is 0.356 e. The summed E-state index contributed by atoms with van der Waals surface area (Å²) in [7, 11) is 1.84. The Hall–Kier alpha value is 0. The Balaban J connectivity index is 0.00000256. The Kier molecular flexibility index (Phi) is 8.16. The van der Waals surface area contributed by atoms with Crippen molar-refractivity contribution in [2.75, 3.05) is 13.6 Å². The van der Waals surface area contributed by atoms with Crippen molar-refractivity contribution in [2.45, 2.75) is 58.9 Å². The van der Waals surface area contributed by atoms with Crippen LogP contribution in [0.25, 0.3) is 0 Å². The molecule has 1 aliphatic rings. The zero-order valence-corrected chi connectivity index (χ0v) is 14.0. The molecule has 0 saturated heterocycles. The van der Waals surface area contributed by atoms with Gasteiger partial charge in [0.15, 0.2) is 5.96 Å². The minimum Gasteiger partial charge on any atom is -0.356 e. The minimum absolute atomic E-state index is 0. The monoisotopic (exact) mass is 353 g/mol. The molecule has 0 aliphatic heterocycles. The molecule has 0 aromatic heterocycles. The average Bonchev–Trinajstić information content (AvgIpc) is 2.97. The van der Waals surface area contributed by atoms with Gasteiger partial charge in [0, 0.05) is 19.6 Å². The summed E-state index contributed by atoms with van der Waals surface area (Å²) in [6.45, 7) is 7.93. The number of nitrogens with one attached hydrogen (secondary N) is 2. The zero-order chi connectivity index (χ0) is 12.0. The van der Waals surface area contributed by atoms with Gasteiger partial charge in [0.25, 0.3) is 0 Å². The van der Waals surface area contributed by atoms with Gasteiger partial charge in [-0.25, -0.2) is 0 Å². The topological polar surface area (TPSA) is 36.4 Å². The van der Waals surface area contributed by atoms with Crippen molar-refractivity contribution in [1.29, 1.82) is 0 Å². The number of aliphatic imine (C=N–C) groups is 1. The third kappa shape index (κ3) is 9.68. The molecule has 0 aromatic carbocycles. The van der Waals surface area contributed by atoms with E-state index in [1.54, 1.807) is 0 Å². The van der Waals surface area contributed by atoms with Crippen LogP contribution in [0.1, 0.15) is 52.9 Å².